The Kier molecular flexibility index (Phi) is 16.4. The molecule has 0 bridgehead atoms. The first kappa shape index (κ1) is 30.2. The highest BCUT2D eigenvalue weighted by Crippen LogP contribution is 2.57. The highest BCUT2D eigenvalue weighted by Gasteiger charge is 2.36. The summed E-state index contributed by atoms with van der Waals surface area (Å²) in [5.41, 5.74) is 1.45. The van der Waals surface area contributed by atoms with Crippen molar-refractivity contribution in [2.45, 2.75) is 91.9 Å². The molecule has 0 heterocycles. The lowest BCUT2D eigenvalue weighted by Crippen LogP contribution is -2.11. The largest absolute Gasteiger partial charge is 0.462 e. The zero-order chi connectivity index (χ0) is 25.1. The topological polar surface area (TPSA) is 61.8 Å². The molecular weight excluding hydrogens is 447 g/mol. The highest BCUT2D eigenvalue weighted by molar-refractivity contribution is 7.60. The molecule has 1 rings (SSSR count). The molecule has 1 aromatic carbocycles. The second-order valence-corrected chi connectivity index (χ2v) is 10.0. The molecule has 0 aliphatic heterocycles. The molecule has 1 aromatic rings. The van der Waals surface area contributed by atoms with E-state index < -0.39 is 13.6 Å². The van der Waals surface area contributed by atoms with Gasteiger partial charge in [-0.1, -0.05) is 88.3 Å². The number of rotatable bonds is 17. The normalized spacial score (nSPS) is 11.7. The number of esters is 1. The van der Waals surface area contributed by atoms with Crippen molar-refractivity contribution in [3.63, 3.8) is 0 Å². The minimum atomic E-state index is -3.82. The van der Waals surface area contributed by atoms with E-state index in [0.717, 1.165) is 18.4 Å². The van der Waals surface area contributed by atoms with Crippen LogP contribution in [0.2, 0.25) is 0 Å². The van der Waals surface area contributed by atoms with Gasteiger partial charge in [-0.15, -0.1) is 0 Å². The minimum Gasteiger partial charge on any atom is -0.462 e. The van der Waals surface area contributed by atoms with Crippen molar-refractivity contribution >= 4 is 19.6 Å². The lowest BCUT2D eigenvalue weighted by atomic mass is 10.1. The predicted molar refractivity (Wildman–Crippen MR) is 141 cm³/mol. The van der Waals surface area contributed by atoms with Crippen LogP contribution in [0.25, 0.3) is 6.08 Å². The van der Waals surface area contributed by atoms with Gasteiger partial charge in [-0.3, -0.25) is 4.57 Å². The van der Waals surface area contributed by atoms with E-state index in [1.54, 1.807) is 20.8 Å². The van der Waals surface area contributed by atoms with Gasteiger partial charge in [-0.05, 0) is 44.9 Å². The Balaban J connectivity index is 2.87. The molecule has 0 saturated heterocycles. The lowest BCUT2D eigenvalue weighted by Gasteiger charge is -2.19. The fraction of sp³-hybridized carbons (Fsp3) is 0.607. The molecule has 0 N–H and O–H groups in total. The molecule has 0 aliphatic carbocycles. The fourth-order valence-electron chi connectivity index (χ4n) is 3.54. The summed E-state index contributed by atoms with van der Waals surface area (Å²) in [7, 11) is -3.82. The molecule has 5 nitrogen and oxygen atoms in total. The van der Waals surface area contributed by atoms with Gasteiger partial charge in [0.05, 0.1) is 19.8 Å². The fourth-order valence-corrected chi connectivity index (χ4v) is 5.15. The van der Waals surface area contributed by atoms with Gasteiger partial charge < -0.3 is 13.8 Å². The van der Waals surface area contributed by atoms with Gasteiger partial charge in [-0.25, -0.2) is 4.79 Å². The standard InChI is InChI=1S/C28H43O5P/c1-5-9-10-11-12-13-14-15-16-17-18-21-25-22-19-20-23-26(25)24-27(28(29)31-6-2)34(30,32-7-3)33-8-4/h19-20,22-24H,5-17H2,1-4H3. The van der Waals surface area contributed by atoms with Crippen LogP contribution in [-0.4, -0.2) is 25.8 Å². The summed E-state index contributed by atoms with van der Waals surface area (Å²) in [6.07, 6.45) is 13.9. The Morgan fingerprint density at radius 1 is 0.853 bits per heavy atom. The van der Waals surface area contributed by atoms with Crippen LogP contribution in [0.5, 0.6) is 0 Å². The number of hydrogen-bond acceptors (Lipinski definition) is 5. The molecule has 0 radical (unpaired) electrons. The average Bonchev–Trinajstić information content (AvgIpc) is 2.82. The Morgan fingerprint density at radius 3 is 2.03 bits per heavy atom. The van der Waals surface area contributed by atoms with Crippen LogP contribution in [0.1, 0.15) is 103 Å². The number of benzene rings is 1. The maximum atomic E-state index is 13.4. The molecule has 6 heteroatoms. The first-order valence-corrected chi connectivity index (χ1v) is 14.4. The molecular formula is C28H43O5P. The molecule has 0 aliphatic rings. The van der Waals surface area contributed by atoms with Crippen molar-refractivity contribution in [3.8, 4) is 11.8 Å². The SMILES string of the molecule is CCCCCCCCCCCC#Cc1ccccc1C=C(C(=O)OCC)P(=O)(OCC)OCC. The highest BCUT2D eigenvalue weighted by atomic mass is 31.2. The Hall–Kier alpha value is -1.86. The first-order valence-electron chi connectivity index (χ1n) is 12.9. The Labute approximate surface area is 207 Å². The quantitative estimate of drug-likeness (QED) is 0.0725. The van der Waals surface area contributed by atoms with Crippen molar-refractivity contribution in [3.05, 3.63) is 40.7 Å². The van der Waals surface area contributed by atoms with Crippen molar-refractivity contribution in [1.82, 2.24) is 0 Å². The first-order chi connectivity index (χ1) is 16.5. The summed E-state index contributed by atoms with van der Waals surface area (Å²) in [6, 6.07) is 7.48. The third-order valence-corrected chi connectivity index (χ3v) is 7.36. The van der Waals surface area contributed by atoms with Crippen molar-refractivity contribution in [1.29, 1.82) is 0 Å². The monoisotopic (exact) mass is 490 g/mol. The van der Waals surface area contributed by atoms with Gasteiger partial charge in [0.25, 0.3) is 0 Å². The maximum Gasteiger partial charge on any atom is 0.368 e. The summed E-state index contributed by atoms with van der Waals surface area (Å²) in [5, 5.41) is -0.105. The van der Waals surface area contributed by atoms with E-state index in [2.05, 4.69) is 18.8 Å². The molecule has 0 fully saturated rings. The second-order valence-electron chi connectivity index (χ2n) is 8.05. The molecule has 190 valence electrons. The minimum absolute atomic E-state index is 0.105. The molecule has 0 aromatic heterocycles. The van der Waals surface area contributed by atoms with Crippen molar-refractivity contribution in [2.75, 3.05) is 19.8 Å². The van der Waals surface area contributed by atoms with Crippen LogP contribution in [0, 0.1) is 11.8 Å². The lowest BCUT2D eigenvalue weighted by molar-refractivity contribution is -0.137. The number of hydrogen-bond donors (Lipinski definition) is 0. The van der Waals surface area contributed by atoms with E-state index in [1.807, 2.05) is 24.3 Å². The second kappa shape index (κ2) is 18.5. The van der Waals surface area contributed by atoms with Gasteiger partial charge in [0.1, 0.15) is 5.31 Å². The zero-order valence-electron chi connectivity index (χ0n) is 21.6. The van der Waals surface area contributed by atoms with E-state index in [1.165, 1.54) is 57.4 Å². The predicted octanol–water partition coefficient (Wildman–Crippen LogP) is 8.13. The number of carbonyl (C=O) groups excluding carboxylic acids is 1. The number of ether oxygens (including phenoxy) is 1. The molecule has 0 amide bonds. The molecule has 0 atom stereocenters. The smallest absolute Gasteiger partial charge is 0.368 e. The van der Waals surface area contributed by atoms with E-state index in [0.29, 0.717) is 5.56 Å². The molecule has 0 unspecified atom stereocenters. The average molecular weight is 491 g/mol. The molecule has 34 heavy (non-hydrogen) atoms. The molecule has 0 spiro atoms. The van der Waals surface area contributed by atoms with Gasteiger partial charge in [-0.2, -0.15) is 0 Å². The van der Waals surface area contributed by atoms with Crippen LogP contribution in [0.3, 0.4) is 0 Å². The van der Waals surface area contributed by atoms with Crippen LogP contribution in [0.15, 0.2) is 29.6 Å². The third-order valence-electron chi connectivity index (χ3n) is 5.26. The van der Waals surface area contributed by atoms with Crippen LogP contribution in [-0.2, 0) is 23.1 Å². The summed E-state index contributed by atoms with van der Waals surface area (Å²) in [4.78, 5) is 12.7. The van der Waals surface area contributed by atoms with Crippen LogP contribution >= 0.6 is 7.60 Å². The maximum absolute atomic E-state index is 13.4. The van der Waals surface area contributed by atoms with E-state index in [4.69, 9.17) is 13.8 Å². The van der Waals surface area contributed by atoms with E-state index >= 15 is 0 Å². The van der Waals surface area contributed by atoms with Crippen molar-refractivity contribution in [2.24, 2.45) is 0 Å². The Morgan fingerprint density at radius 2 is 1.44 bits per heavy atom. The third kappa shape index (κ3) is 11.5. The van der Waals surface area contributed by atoms with E-state index in [-0.39, 0.29) is 25.1 Å². The summed E-state index contributed by atoms with van der Waals surface area (Å²) in [6.45, 7) is 7.82. The number of unbranched alkanes of at least 4 members (excludes halogenated alkanes) is 9. The summed E-state index contributed by atoms with van der Waals surface area (Å²) < 4.78 is 29.3. The summed E-state index contributed by atoms with van der Waals surface area (Å²) >= 11 is 0. The van der Waals surface area contributed by atoms with Gasteiger partial charge in [0, 0.05) is 12.0 Å². The van der Waals surface area contributed by atoms with Crippen LogP contribution in [0.4, 0.5) is 0 Å². The van der Waals surface area contributed by atoms with Gasteiger partial charge in [0.2, 0.25) is 0 Å². The summed E-state index contributed by atoms with van der Waals surface area (Å²) in [5.74, 6) is 5.76. The molecule has 0 saturated carbocycles. The number of carbonyl (C=O) groups is 1. The van der Waals surface area contributed by atoms with Gasteiger partial charge in [0.15, 0.2) is 0 Å². The van der Waals surface area contributed by atoms with Crippen molar-refractivity contribution < 1.29 is 23.1 Å². The van der Waals surface area contributed by atoms with Gasteiger partial charge >= 0.3 is 13.6 Å². The zero-order valence-corrected chi connectivity index (χ0v) is 22.5. The van der Waals surface area contributed by atoms with Crippen LogP contribution < -0.4 is 0 Å². The van der Waals surface area contributed by atoms with E-state index in [9.17, 15) is 9.36 Å². The Bertz CT molecular complexity index is 840.